The number of anilines is 2. The molecule has 3 amide bonds. The maximum absolute atomic E-state index is 13.3. The minimum Gasteiger partial charge on any atom is -0.449 e. The quantitative estimate of drug-likeness (QED) is 0.600. The van der Waals surface area contributed by atoms with Crippen LogP contribution < -0.4 is 16.0 Å². The van der Waals surface area contributed by atoms with Crippen LogP contribution in [0.2, 0.25) is 0 Å². The van der Waals surface area contributed by atoms with Crippen molar-refractivity contribution in [3.8, 4) is 0 Å². The second kappa shape index (κ2) is 10.1. The highest BCUT2D eigenvalue weighted by Crippen LogP contribution is 2.45. The van der Waals surface area contributed by atoms with Crippen molar-refractivity contribution in [2.45, 2.75) is 70.3 Å². The number of hydrogen-bond donors (Lipinski definition) is 3. The summed E-state index contributed by atoms with van der Waals surface area (Å²) in [5.41, 5.74) is 1.76. The first kappa shape index (κ1) is 23.5. The number of rotatable bonds is 6. The lowest BCUT2D eigenvalue weighted by atomic mass is 9.75. The van der Waals surface area contributed by atoms with Crippen LogP contribution in [-0.4, -0.2) is 43.8 Å². The van der Waals surface area contributed by atoms with Gasteiger partial charge in [0.15, 0.2) is 0 Å². The number of amides is 3. The number of carbonyl (C=O) groups is 3. The monoisotopic (exact) mass is 457 g/mol. The molecule has 3 N–H and O–H groups in total. The Bertz CT molecular complexity index is 888. The summed E-state index contributed by atoms with van der Waals surface area (Å²) >= 11 is 0. The van der Waals surface area contributed by atoms with Gasteiger partial charge in [0.05, 0.1) is 12.0 Å². The van der Waals surface area contributed by atoms with E-state index in [4.69, 9.17) is 9.47 Å². The second-order valence-electron chi connectivity index (χ2n) is 9.91. The van der Waals surface area contributed by atoms with Gasteiger partial charge in [-0.15, -0.1) is 0 Å². The highest BCUT2D eigenvalue weighted by molar-refractivity contribution is 6.07. The predicted octanol–water partition coefficient (Wildman–Crippen LogP) is 3.96. The molecule has 2 heterocycles. The van der Waals surface area contributed by atoms with E-state index in [0.29, 0.717) is 38.3 Å². The van der Waals surface area contributed by atoms with Crippen molar-refractivity contribution in [2.75, 3.05) is 30.5 Å². The maximum Gasteiger partial charge on any atom is 0.407 e. The first-order valence-corrected chi connectivity index (χ1v) is 12.2. The lowest BCUT2D eigenvalue weighted by molar-refractivity contribution is -0.124. The smallest absolute Gasteiger partial charge is 0.407 e. The Balaban J connectivity index is 1.48. The van der Waals surface area contributed by atoms with Gasteiger partial charge < -0.3 is 25.4 Å². The molecule has 1 aromatic carbocycles. The van der Waals surface area contributed by atoms with Crippen LogP contribution >= 0.6 is 0 Å². The SMILES string of the molecule is CC(C)COC(=O)N[C@H](C(=O)Nc1ccc2c(c1)NC(=O)C21CCOCC1)C1CCCCC1. The summed E-state index contributed by atoms with van der Waals surface area (Å²) in [6, 6.07) is 4.91. The highest BCUT2D eigenvalue weighted by atomic mass is 16.5. The molecule has 0 aromatic heterocycles. The topological polar surface area (TPSA) is 106 Å². The Kier molecular flexibility index (Phi) is 7.22. The summed E-state index contributed by atoms with van der Waals surface area (Å²) in [5.74, 6) is 0.0377. The number of fused-ring (bicyclic) bond motifs is 2. The first-order chi connectivity index (χ1) is 15.9. The number of hydrogen-bond acceptors (Lipinski definition) is 5. The van der Waals surface area contributed by atoms with Crippen molar-refractivity contribution in [3.63, 3.8) is 0 Å². The second-order valence-corrected chi connectivity index (χ2v) is 9.91. The largest absolute Gasteiger partial charge is 0.449 e. The van der Waals surface area contributed by atoms with Crippen LogP contribution in [0.3, 0.4) is 0 Å². The molecule has 1 spiro atoms. The molecular weight excluding hydrogens is 422 g/mol. The molecule has 180 valence electrons. The van der Waals surface area contributed by atoms with Gasteiger partial charge in [0.25, 0.3) is 0 Å². The van der Waals surface area contributed by atoms with Crippen molar-refractivity contribution in [1.29, 1.82) is 0 Å². The first-order valence-electron chi connectivity index (χ1n) is 12.2. The van der Waals surface area contributed by atoms with Crippen molar-refractivity contribution >= 4 is 29.3 Å². The van der Waals surface area contributed by atoms with Crippen molar-refractivity contribution in [1.82, 2.24) is 5.32 Å². The zero-order valence-corrected chi connectivity index (χ0v) is 19.6. The molecule has 8 nitrogen and oxygen atoms in total. The fourth-order valence-corrected chi connectivity index (χ4v) is 5.22. The third-order valence-corrected chi connectivity index (χ3v) is 7.06. The zero-order valence-electron chi connectivity index (χ0n) is 19.6. The normalized spacial score (nSPS) is 20.8. The van der Waals surface area contributed by atoms with Crippen LogP contribution in [-0.2, 0) is 24.5 Å². The van der Waals surface area contributed by atoms with Crippen molar-refractivity contribution in [3.05, 3.63) is 23.8 Å². The van der Waals surface area contributed by atoms with Crippen LogP contribution in [0.15, 0.2) is 18.2 Å². The molecule has 4 rings (SSSR count). The maximum atomic E-state index is 13.3. The highest BCUT2D eigenvalue weighted by Gasteiger charge is 2.47. The molecule has 1 saturated heterocycles. The Labute approximate surface area is 195 Å². The molecular formula is C25H35N3O5. The average molecular weight is 458 g/mol. The lowest BCUT2D eigenvalue weighted by Gasteiger charge is -2.31. The number of alkyl carbamates (subject to hydrolysis) is 1. The standard InChI is InChI=1S/C25H35N3O5/c1-16(2)15-33-24(31)28-21(17-6-4-3-5-7-17)22(29)26-18-8-9-19-20(14-18)27-23(30)25(19)10-12-32-13-11-25/h8-9,14,16-17,21H,3-7,10-13,15H2,1-2H3,(H,26,29)(H,27,30)(H,28,31)/t21-/m0/s1. The summed E-state index contributed by atoms with van der Waals surface area (Å²) in [7, 11) is 0. The van der Waals surface area contributed by atoms with Crippen LogP contribution in [0.4, 0.5) is 16.2 Å². The van der Waals surface area contributed by atoms with E-state index in [-0.39, 0.29) is 23.7 Å². The van der Waals surface area contributed by atoms with Gasteiger partial charge >= 0.3 is 6.09 Å². The molecule has 2 fully saturated rings. The van der Waals surface area contributed by atoms with E-state index in [2.05, 4.69) is 16.0 Å². The minimum absolute atomic E-state index is 0.000997. The van der Waals surface area contributed by atoms with E-state index in [0.717, 1.165) is 43.4 Å². The molecule has 0 radical (unpaired) electrons. The number of nitrogens with one attached hydrogen (secondary N) is 3. The third kappa shape index (κ3) is 5.16. The molecule has 0 unspecified atom stereocenters. The Hall–Kier alpha value is -2.61. The molecule has 1 saturated carbocycles. The average Bonchev–Trinajstić information content (AvgIpc) is 3.07. The van der Waals surface area contributed by atoms with Crippen LogP contribution in [0, 0.1) is 11.8 Å². The Morgan fingerprint density at radius 2 is 1.91 bits per heavy atom. The molecule has 33 heavy (non-hydrogen) atoms. The van der Waals surface area contributed by atoms with Gasteiger partial charge in [0.1, 0.15) is 6.04 Å². The van der Waals surface area contributed by atoms with E-state index in [1.165, 1.54) is 0 Å². The van der Waals surface area contributed by atoms with E-state index >= 15 is 0 Å². The molecule has 1 atom stereocenters. The zero-order chi connectivity index (χ0) is 23.4. The van der Waals surface area contributed by atoms with Gasteiger partial charge in [0.2, 0.25) is 11.8 Å². The molecule has 1 aromatic rings. The Morgan fingerprint density at radius 1 is 1.18 bits per heavy atom. The fraction of sp³-hybridized carbons (Fsp3) is 0.640. The molecule has 2 aliphatic heterocycles. The summed E-state index contributed by atoms with van der Waals surface area (Å²) in [4.78, 5) is 38.4. The predicted molar refractivity (Wildman–Crippen MR) is 125 cm³/mol. The van der Waals surface area contributed by atoms with Crippen LogP contribution in [0.5, 0.6) is 0 Å². The van der Waals surface area contributed by atoms with Gasteiger partial charge in [-0.3, -0.25) is 9.59 Å². The number of benzene rings is 1. The summed E-state index contributed by atoms with van der Waals surface area (Å²) in [6.07, 6.45) is 5.80. The van der Waals surface area contributed by atoms with E-state index in [9.17, 15) is 14.4 Å². The number of carbonyl (C=O) groups excluding carboxylic acids is 3. The minimum atomic E-state index is -0.658. The van der Waals surface area contributed by atoms with E-state index < -0.39 is 17.6 Å². The Morgan fingerprint density at radius 3 is 2.61 bits per heavy atom. The van der Waals surface area contributed by atoms with Gasteiger partial charge in [0, 0.05) is 24.6 Å². The molecule has 1 aliphatic carbocycles. The van der Waals surface area contributed by atoms with Crippen molar-refractivity contribution < 1.29 is 23.9 Å². The van der Waals surface area contributed by atoms with Crippen LogP contribution in [0.25, 0.3) is 0 Å². The number of ether oxygens (including phenoxy) is 2. The van der Waals surface area contributed by atoms with Crippen LogP contribution in [0.1, 0.15) is 64.4 Å². The van der Waals surface area contributed by atoms with Gasteiger partial charge in [-0.2, -0.15) is 0 Å². The van der Waals surface area contributed by atoms with E-state index in [1.807, 2.05) is 32.0 Å². The molecule has 0 bridgehead atoms. The summed E-state index contributed by atoms with van der Waals surface area (Å²) < 4.78 is 10.7. The fourth-order valence-electron chi connectivity index (χ4n) is 5.22. The van der Waals surface area contributed by atoms with Gasteiger partial charge in [-0.1, -0.05) is 39.2 Å². The lowest BCUT2D eigenvalue weighted by Crippen LogP contribution is -2.49. The molecule has 3 aliphatic rings. The van der Waals surface area contributed by atoms with E-state index in [1.54, 1.807) is 0 Å². The summed E-state index contributed by atoms with van der Waals surface area (Å²) in [6.45, 7) is 5.37. The third-order valence-electron chi connectivity index (χ3n) is 7.06. The van der Waals surface area contributed by atoms with Crippen molar-refractivity contribution in [2.24, 2.45) is 11.8 Å². The molecule has 8 heteroatoms. The van der Waals surface area contributed by atoms with Gasteiger partial charge in [-0.05, 0) is 55.2 Å². The van der Waals surface area contributed by atoms with Gasteiger partial charge in [-0.25, -0.2) is 4.79 Å². The summed E-state index contributed by atoms with van der Waals surface area (Å²) in [5, 5.41) is 8.76.